The van der Waals surface area contributed by atoms with E-state index in [2.05, 4.69) is 0 Å². The van der Waals surface area contributed by atoms with E-state index in [9.17, 15) is 0 Å². The molecule has 0 aliphatic carbocycles. The van der Waals surface area contributed by atoms with Crippen molar-refractivity contribution in [3.63, 3.8) is 0 Å². The molecule has 0 saturated carbocycles. The van der Waals surface area contributed by atoms with E-state index < -0.39 is 9.05 Å². The van der Waals surface area contributed by atoms with Crippen molar-refractivity contribution in [1.82, 2.24) is 0 Å². The Balaban J connectivity index is -0.0000000800. The van der Waals surface area contributed by atoms with Crippen LogP contribution in [-0.2, 0) is 0 Å². The second-order valence-electron chi connectivity index (χ2n) is 0.548. The van der Waals surface area contributed by atoms with Gasteiger partial charge in [-0.3, -0.25) is 0 Å². The predicted molar refractivity (Wildman–Crippen MR) is 26.3 cm³/mol. The van der Waals surface area contributed by atoms with Crippen LogP contribution in [0.25, 0.3) is 0 Å². The largest absolute Gasteiger partial charge is 2.00 e. The van der Waals surface area contributed by atoms with E-state index in [1.165, 1.54) is 0 Å². The average molecular weight is 152 g/mol. The third-order valence-corrected chi connectivity index (χ3v) is 0. The molecule has 0 bridgehead atoms. The summed E-state index contributed by atoms with van der Waals surface area (Å²) in [5.74, 6) is 0. The Morgan fingerprint density at radius 2 is 1.14 bits per heavy atom. The molecular weight excluding hydrogens is 148 g/mol. The van der Waals surface area contributed by atoms with Crippen molar-refractivity contribution in [1.29, 1.82) is 0 Å². The van der Waals surface area contributed by atoms with E-state index in [1.54, 1.807) is 0 Å². The summed E-state index contributed by atoms with van der Waals surface area (Å²) in [6, 6.07) is 0. The summed E-state index contributed by atoms with van der Waals surface area (Å²) in [6.07, 6.45) is 0. The van der Waals surface area contributed by atoms with Crippen LogP contribution in [0.3, 0.4) is 0 Å². The van der Waals surface area contributed by atoms with E-state index in [-0.39, 0.29) is 36.5 Å². The minimum atomic E-state index is -5.11. The second-order valence-corrected chi connectivity index (χ2v) is 1.65. The first-order chi connectivity index (χ1) is 2.00. The molecule has 0 radical (unpaired) electrons. The maximum Gasteiger partial charge on any atom is 2.00 e. The van der Waals surface area contributed by atoms with Gasteiger partial charge >= 0.3 is 23.1 Å². The molecular formula is H4MgO4SSi. The van der Waals surface area contributed by atoms with Gasteiger partial charge in [0.05, 0.1) is 0 Å². The van der Waals surface area contributed by atoms with Gasteiger partial charge in [0.15, 0.2) is 0 Å². The Labute approximate surface area is 64.9 Å². The predicted octanol–water partition coefficient (Wildman–Crippen LogP) is -4.14. The molecule has 2 N–H and O–H groups in total. The average Bonchev–Trinajstić information content (AvgIpc) is 0.722. The van der Waals surface area contributed by atoms with E-state index in [0.717, 1.165) is 0 Å². The van der Waals surface area contributed by atoms with Crippen molar-refractivity contribution in [2.24, 2.45) is 0 Å². The summed E-state index contributed by atoms with van der Waals surface area (Å²) in [5, 5.41) is 0. The molecule has 0 aliphatic heterocycles. The van der Waals surface area contributed by atoms with Gasteiger partial charge in [-0.2, -0.15) is 13.5 Å². The molecule has 0 aliphatic rings. The maximum absolute atomic E-state index is 8.80. The van der Waals surface area contributed by atoms with Crippen LogP contribution in [0.5, 0.6) is 0 Å². The summed E-state index contributed by atoms with van der Waals surface area (Å²) in [7, 11) is -5.11. The minimum Gasteiger partial charge on any atom is -0.828 e. The van der Waals surface area contributed by atoms with Crippen LogP contribution in [0.1, 0.15) is 0 Å². The number of hydrogen-bond donors (Lipinski definition) is 2. The van der Waals surface area contributed by atoms with Crippen LogP contribution in [0.4, 0.5) is 0 Å². The van der Waals surface area contributed by atoms with Crippen LogP contribution >= 0.6 is 13.5 Å². The Kier molecular flexibility index (Phi) is 11.9. The van der Waals surface area contributed by atoms with E-state index in [1.807, 2.05) is 0 Å². The van der Waals surface area contributed by atoms with Crippen molar-refractivity contribution >= 4 is 45.6 Å². The molecule has 0 amide bonds. The number of hydrogen-bond acceptors (Lipinski definition) is 4. The smallest absolute Gasteiger partial charge is 0.828 e. The van der Waals surface area contributed by atoms with E-state index in [0.29, 0.717) is 0 Å². The van der Waals surface area contributed by atoms with Gasteiger partial charge in [-0.05, 0) is 0 Å². The third kappa shape index (κ3) is 139. The zero-order valence-corrected chi connectivity index (χ0v) is 6.83. The maximum atomic E-state index is 8.80. The van der Waals surface area contributed by atoms with Crippen molar-refractivity contribution < 1.29 is 19.2 Å². The molecule has 7 heteroatoms. The molecule has 0 rings (SSSR count). The van der Waals surface area contributed by atoms with Crippen LogP contribution in [0.15, 0.2) is 0 Å². The van der Waals surface area contributed by atoms with Crippen LogP contribution in [0, 0.1) is 0 Å². The first-order valence-electron chi connectivity index (χ1n) is 0.855. The zero-order chi connectivity index (χ0) is 4.50. The summed E-state index contributed by atoms with van der Waals surface area (Å²) in [6.45, 7) is 0. The molecule has 0 heterocycles. The van der Waals surface area contributed by atoms with Gasteiger partial charge in [0.2, 0.25) is 0 Å². The van der Waals surface area contributed by atoms with Crippen molar-refractivity contribution in [2.75, 3.05) is 0 Å². The Morgan fingerprint density at radius 1 is 1.14 bits per heavy atom. The third-order valence-electron chi connectivity index (χ3n) is 0. The molecule has 0 aromatic heterocycles. The van der Waals surface area contributed by atoms with Crippen molar-refractivity contribution in [2.45, 2.75) is 0 Å². The fraction of sp³-hybridized carbons (Fsp3) is 0. The Morgan fingerprint density at radius 3 is 1.14 bits per heavy atom. The Bertz CT molecular complexity index is 27.2. The number of rotatable bonds is 0. The monoisotopic (exact) mass is 152 g/mol. The van der Waals surface area contributed by atoms with Gasteiger partial charge < -0.3 is 19.2 Å². The van der Waals surface area contributed by atoms with Crippen LogP contribution in [0.2, 0.25) is 0 Å². The van der Waals surface area contributed by atoms with Crippen LogP contribution < -0.4 is 9.59 Å². The molecule has 0 unspecified atom stereocenters. The molecule has 0 spiro atoms. The van der Waals surface area contributed by atoms with Crippen LogP contribution in [-0.4, -0.2) is 41.7 Å². The van der Waals surface area contributed by atoms with Gasteiger partial charge in [-0.1, -0.05) is 0 Å². The topological polar surface area (TPSA) is 86.6 Å². The molecule has 0 aromatic rings. The van der Waals surface area contributed by atoms with Gasteiger partial charge in [-0.15, -0.1) is 0 Å². The molecule has 0 fully saturated rings. The summed E-state index contributed by atoms with van der Waals surface area (Å²) in [4.78, 5) is 31.8. The van der Waals surface area contributed by atoms with Gasteiger partial charge in [0, 0.05) is 0 Å². The van der Waals surface area contributed by atoms with E-state index >= 15 is 0 Å². The minimum absolute atomic E-state index is 0. The quantitative estimate of drug-likeness (QED) is 0.345. The molecule has 0 saturated heterocycles. The zero-order valence-electron chi connectivity index (χ0n) is 3.42. The summed E-state index contributed by atoms with van der Waals surface area (Å²) in [5.41, 5.74) is 0. The molecule has 4 nitrogen and oxygen atoms in total. The van der Waals surface area contributed by atoms with Crippen molar-refractivity contribution in [3.8, 4) is 0 Å². The molecule has 0 atom stereocenters. The summed E-state index contributed by atoms with van der Waals surface area (Å²) >= 11 is 0. The van der Waals surface area contributed by atoms with Gasteiger partial charge in [-0.25, -0.2) is 0 Å². The standard InChI is InChI=1S/Mg.H2O4Si.H2S/c;1-5(2,3)4;/h;1-2H;1H2/q+2;-2;. The fourth-order valence-corrected chi connectivity index (χ4v) is 0. The normalized spacial score (nSPS) is 8.57. The first kappa shape index (κ1) is 15.7. The second kappa shape index (κ2) is 5.31. The fourth-order valence-electron chi connectivity index (χ4n) is 0. The SMILES string of the molecule is S.[Mg+2].[O-][Si]([O-])(O)O. The summed E-state index contributed by atoms with van der Waals surface area (Å²) < 4.78 is 0. The Hall–Kier alpha value is 1.17. The molecule has 40 valence electrons. The molecule has 7 heavy (non-hydrogen) atoms. The van der Waals surface area contributed by atoms with Gasteiger partial charge in [0.25, 0.3) is 0 Å². The first-order valence-corrected chi connectivity index (χ1v) is 2.57. The van der Waals surface area contributed by atoms with Gasteiger partial charge in [0.1, 0.15) is 9.05 Å². The van der Waals surface area contributed by atoms with Crippen molar-refractivity contribution in [3.05, 3.63) is 0 Å². The molecule has 0 aromatic carbocycles. The van der Waals surface area contributed by atoms with E-state index in [4.69, 9.17) is 19.2 Å².